The Morgan fingerprint density at radius 2 is 1.68 bits per heavy atom. The van der Waals surface area contributed by atoms with E-state index in [4.69, 9.17) is 9.47 Å². The second-order valence-electron chi connectivity index (χ2n) is 6.13. The van der Waals surface area contributed by atoms with Gasteiger partial charge in [-0.2, -0.15) is 4.31 Å². The average Bonchev–Trinajstić information content (AvgIpc) is 3.22. The third-order valence-corrected chi connectivity index (χ3v) is 6.16. The zero-order chi connectivity index (χ0) is 20.1. The maximum absolute atomic E-state index is 13.5. The number of ether oxygens (including phenoxy) is 2. The minimum absolute atomic E-state index is 0.0358. The van der Waals surface area contributed by atoms with Gasteiger partial charge in [-0.15, -0.1) is 0 Å². The van der Waals surface area contributed by atoms with Crippen molar-refractivity contribution in [1.29, 1.82) is 0 Å². The van der Waals surface area contributed by atoms with Crippen LogP contribution in [-0.2, 0) is 10.0 Å². The van der Waals surface area contributed by atoms with Crippen molar-refractivity contribution in [3.63, 3.8) is 0 Å². The summed E-state index contributed by atoms with van der Waals surface area (Å²) in [5.41, 5.74) is -0.453. The van der Waals surface area contributed by atoms with Crippen LogP contribution in [0.15, 0.2) is 47.4 Å². The predicted octanol–water partition coefficient (Wildman–Crippen LogP) is 2.98. The highest BCUT2D eigenvalue weighted by molar-refractivity contribution is 7.89. The maximum Gasteiger partial charge on any atom is 0.312 e. The monoisotopic (exact) mass is 410 g/mol. The molecule has 1 fully saturated rings. The van der Waals surface area contributed by atoms with Gasteiger partial charge in [0.25, 0.3) is 0 Å². The normalized spacial score (nSPS) is 14.8. The smallest absolute Gasteiger partial charge is 0.312 e. The zero-order valence-corrected chi connectivity index (χ0v) is 15.7. The van der Waals surface area contributed by atoms with Crippen molar-refractivity contribution in [3.05, 3.63) is 58.4 Å². The molecular formula is C18H19FN2O6S. The molecule has 0 bridgehead atoms. The second-order valence-corrected chi connectivity index (χ2v) is 8.06. The molecule has 8 nitrogen and oxygen atoms in total. The lowest BCUT2D eigenvalue weighted by molar-refractivity contribution is -0.386. The fraction of sp³-hybridized carbons (Fsp3) is 0.333. The molecule has 0 atom stereocenters. The average molecular weight is 410 g/mol. The summed E-state index contributed by atoms with van der Waals surface area (Å²) in [6, 6.07) is 9.39. The molecule has 1 aliphatic heterocycles. The van der Waals surface area contributed by atoms with Crippen molar-refractivity contribution in [2.45, 2.75) is 17.7 Å². The molecular weight excluding hydrogens is 391 g/mol. The van der Waals surface area contributed by atoms with E-state index in [1.165, 1.54) is 34.6 Å². The third kappa shape index (κ3) is 4.39. The lowest BCUT2D eigenvalue weighted by Gasteiger charge is -2.16. The third-order valence-electron chi connectivity index (χ3n) is 4.27. The minimum atomic E-state index is -3.77. The molecule has 0 aliphatic carbocycles. The number of nitro groups is 1. The van der Waals surface area contributed by atoms with Crippen LogP contribution in [-0.4, -0.2) is 43.9 Å². The molecule has 3 rings (SSSR count). The second kappa shape index (κ2) is 8.53. The summed E-state index contributed by atoms with van der Waals surface area (Å²) in [5, 5.41) is 11.4. The Morgan fingerprint density at radius 3 is 2.32 bits per heavy atom. The molecule has 28 heavy (non-hydrogen) atoms. The highest BCUT2D eigenvalue weighted by Gasteiger charge is 2.29. The molecule has 0 spiro atoms. The fourth-order valence-corrected chi connectivity index (χ4v) is 4.40. The van der Waals surface area contributed by atoms with Gasteiger partial charge in [-0.05, 0) is 37.1 Å². The number of nitrogens with zero attached hydrogens (tertiary/aromatic N) is 2. The number of rotatable bonds is 8. The first-order valence-electron chi connectivity index (χ1n) is 8.68. The molecule has 10 heteroatoms. The van der Waals surface area contributed by atoms with E-state index in [2.05, 4.69) is 0 Å². The molecule has 0 amide bonds. The molecule has 1 saturated heterocycles. The van der Waals surface area contributed by atoms with Gasteiger partial charge in [-0.1, -0.05) is 12.1 Å². The summed E-state index contributed by atoms with van der Waals surface area (Å²) < 4.78 is 50.5. The van der Waals surface area contributed by atoms with Crippen molar-refractivity contribution in [3.8, 4) is 11.5 Å². The summed E-state index contributed by atoms with van der Waals surface area (Å²) in [4.78, 5) is 10.5. The van der Waals surface area contributed by atoms with Gasteiger partial charge in [-0.25, -0.2) is 12.8 Å². The van der Waals surface area contributed by atoms with Gasteiger partial charge in [-0.3, -0.25) is 10.1 Å². The Morgan fingerprint density at radius 1 is 1.04 bits per heavy atom. The SMILES string of the molecule is O=[N+]([O-])c1cc(S(=O)(=O)N2CCCC2)ccc1OCCOc1ccccc1F. The van der Waals surface area contributed by atoms with Gasteiger partial charge in [0.15, 0.2) is 17.3 Å². The molecule has 0 saturated carbocycles. The van der Waals surface area contributed by atoms with Crippen LogP contribution in [0.1, 0.15) is 12.8 Å². The van der Waals surface area contributed by atoms with Crippen LogP contribution in [0.3, 0.4) is 0 Å². The Hall–Kier alpha value is -2.72. The number of halogens is 1. The Labute approximate surface area is 161 Å². The molecule has 0 aromatic heterocycles. The quantitative estimate of drug-likeness (QED) is 0.377. The van der Waals surface area contributed by atoms with Crippen molar-refractivity contribution in [2.75, 3.05) is 26.3 Å². The fourth-order valence-electron chi connectivity index (χ4n) is 2.86. The van der Waals surface area contributed by atoms with Crippen LogP contribution in [0.4, 0.5) is 10.1 Å². The summed E-state index contributed by atoms with van der Waals surface area (Å²) in [7, 11) is -3.77. The molecule has 150 valence electrons. The predicted molar refractivity (Wildman–Crippen MR) is 98.5 cm³/mol. The Kier molecular flexibility index (Phi) is 6.10. The van der Waals surface area contributed by atoms with E-state index < -0.39 is 26.5 Å². The van der Waals surface area contributed by atoms with E-state index in [0.717, 1.165) is 18.9 Å². The van der Waals surface area contributed by atoms with E-state index in [0.29, 0.717) is 13.1 Å². The van der Waals surface area contributed by atoms with Crippen LogP contribution in [0, 0.1) is 15.9 Å². The molecule has 0 radical (unpaired) electrons. The van der Waals surface area contributed by atoms with Gasteiger partial charge in [0.05, 0.1) is 9.82 Å². The van der Waals surface area contributed by atoms with Crippen LogP contribution >= 0.6 is 0 Å². The lowest BCUT2D eigenvalue weighted by atomic mass is 10.3. The number of benzene rings is 2. The van der Waals surface area contributed by atoms with Crippen molar-refractivity contribution in [2.24, 2.45) is 0 Å². The highest BCUT2D eigenvalue weighted by atomic mass is 32.2. The first-order chi connectivity index (χ1) is 13.4. The van der Waals surface area contributed by atoms with Crippen molar-refractivity contribution < 1.29 is 27.2 Å². The molecule has 1 heterocycles. The first-order valence-corrected chi connectivity index (χ1v) is 10.1. The lowest BCUT2D eigenvalue weighted by Crippen LogP contribution is -2.27. The van der Waals surface area contributed by atoms with E-state index >= 15 is 0 Å². The van der Waals surface area contributed by atoms with E-state index in [-0.39, 0.29) is 29.6 Å². The summed E-state index contributed by atoms with van der Waals surface area (Å²) in [5.74, 6) is -0.555. The van der Waals surface area contributed by atoms with Crippen LogP contribution in [0.2, 0.25) is 0 Å². The number of hydrogen-bond donors (Lipinski definition) is 0. The standard InChI is InChI=1S/C18H19FN2O6S/c19-15-5-1-2-6-17(15)26-11-12-27-18-8-7-14(13-16(18)21(22)23)28(24,25)20-9-3-4-10-20/h1-2,5-8,13H,3-4,9-12H2. The van der Waals surface area contributed by atoms with E-state index in [9.17, 15) is 22.9 Å². The topological polar surface area (TPSA) is 99.0 Å². The van der Waals surface area contributed by atoms with E-state index in [1.807, 2.05) is 0 Å². The molecule has 0 unspecified atom stereocenters. The largest absolute Gasteiger partial charge is 0.487 e. The summed E-state index contributed by atoms with van der Waals surface area (Å²) in [6.07, 6.45) is 1.54. The van der Waals surface area contributed by atoms with Crippen LogP contribution in [0.25, 0.3) is 0 Å². The molecule has 1 aliphatic rings. The van der Waals surface area contributed by atoms with E-state index in [1.54, 1.807) is 6.07 Å². The highest BCUT2D eigenvalue weighted by Crippen LogP contribution is 2.31. The van der Waals surface area contributed by atoms with Crippen LogP contribution < -0.4 is 9.47 Å². The number of sulfonamides is 1. The molecule has 2 aromatic carbocycles. The first kappa shape index (κ1) is 20.0. The summed E-state index contributed by atoms with van der Waals surface area (Å²) >= 11 is 0. The van der Waals surface area contributed by atoms with Gasteiger partial charge < -0.3 is 9.47 Å². The number of para-hydroxylation sites is 1. The number of nitro benzene ring substituents is 1. The molecule has 2 aromatic rings. The van der Waals surface area contributed by atoms with Gasteiger partial charge >= 0.3 is 5.69 Å². The van der Waals surface area contributed by atoms with Gasteiger partial charge in [0, 0.05) is 19.2 Å². The number of hydrogen-bond acceptors (Lipinski definition) is 6. The minimum Gasteiger partial charge on any atom is -0.487 e. The molecule has 0 N–H and O–H groups in total. The van der Waals surface area contributed by atoms with Crippen molar-refractivity contribution in [1.82, 2.24) is 4.31 Å². The van der Waals surface area contributed by atoms with Gasteiger partial charge in [0.2, 0.25) is 10.0 Å². The van der Waals surface area contributed by atoms with Gasteiger partial charge in [0.1, 0.15) is 13.2 Å². The summed E-state index contributed by atoms with van der Waals surface area (Å²) in [6.45, 7) is 0.697. The maximum atomic E-state index is 13.5. The Bertz CT molecular complexity index is 960. The van der Waals surface area contributed by atoms with Crippen LogP contribution in [0.5, 0.6) is 11.5 Å². The zero-order valence-electron chi connectivity index (χ0n) is 14.9. The Balaban J connectivity index is 1.69. The van der Waals surface area contributed by atoms with Crippen molar-refractivity contribution >= 4 is 15.7 Å².